The van der Waals surface area contributed by atoms with Gasteiger partial charge in [-0.05, 0) is 30.9 Å². The molecular formula is C22H26FN4OS+. The summed E-state index contributed by atoms with van der Waals surface area (Å²) in [6.07, 6.45) is 3.43. The molecule has 0 bridgehead atoms. The lowest BCUT2D eigenvalue weighted by Gasteiger charge is -2.24. The van der Waals surface area contributed by atoms with Crippen LogP contribution in [0, 0.1) is 5.82 Å². The minimum atomic E-state index is -0.168. The minimum Gasteiger partial charge on any atom is -0.370 e. The maximum atomic E-state index is 14.3. The highest BCUT2D eigenvalue weighted by Gasteiger charge is 2.25. The van der Waals surface area contributed by atoms with E-state index in [0.717, 1.165) is 62.2 Å². The summed E-state index contributed by atoms with van der Waals surface area (Å²) in [7, 11) is 2.01. The van der Waals surface area contributed by atoms with E-state index < -0.39 is 0 Å². The second-order valence-corrected chi connectivity index (χ2v) is 9.07. The largest absolute Gasteiger partial charge is 0.370 e. The molecule has 2 aromatic heterocycles. The summed E-state index contributed by atoms with van der Waals surface area (Å²) in [6, 6.07) is 6.99. The van der Waals surface area contributed by atoms with Crippen LogP contribution in [-0.4, -0.2) is 43.3 Å². The molecule has 0 saturated carbocycles. The quantitative estimate of drug-likeness (QED) is 0.698. The van der Waals surface area contributed by atoms with Gasteiger partial charge >= 0.3 is 0 Å². The van der Waals surface area contributed by atoms with Crippen LogP contribution < -0.4 is 9.80 Å². The molecule has 0 unspecified atom stereocenters. The predicted octanol–water partition coefficient (Wildman–Crippen LogP) is 2.37. The Morgan fingerprint density at radius 1 is 1.17 bits per heavy atom. The number of benzene rings is 1. The molecule has 1 fully saturated rings. The van der Waals surface area contributed by atoms with Crippen LogP contribution in [-0.2, 0) is 30.7 Å². The summed E-state index contributed by atoms with van der Waals surface area (Å²) in [4.78, 5) is 16.0. The summed E-state index contributed by atoms with van der Waals surface area (Å²) in [5.41, 5.74) is 2.10. The number of anilines is 1. The Balaban J connectivity index is 1.53. The number of nitrogens with zero attached hydrogens (tertiary/aromatic N) is 3. The molecule has 3 heterocycles. The molecule has 0 radical (unpaired) electrons. The Bertz CT molecular complexity index is 1030. The van der Waals surface area contributed by atoms with Crippen LogP contribution >= 0.6 is 11.3 Å². The van der Waals surface area contributed by atoms with E-state index in [-0.39, 0.29) is 5.82 Å². The van der Waals surface area contributed by atoms with Gasteiger partial charge in [0.25, 0.3) is 0 Å². The van der Waals surface area contributed by atoms with Gasteiger partial charge in [0.2, 0.25) is 0 Å². The highest BCUT2D eigenvalue weighted by Crippen LogP contribution is 2.40. The van der Waals surface area contributed by atoms with E-state index in [2.05, 4.69) is 4.90 Å². The number of morpholine rings is 1. The van der Waals surface area contributed by atoms with Crippen molar-refractivity contribution in [3.8, 4) is 0 Å². The molecule has 1 aliphatic heterocycles. The average Bonchev–Trinajstić information content (AvgIpc) is 3.31. The maximum absolute atomic E-state index is 14.3. The summed E-state index contributed by atoms with van der Waals surface area (Å²) in [6.45, 7) is 4.87. The number of fused-ring (bicyclic) bond motifs is 3. The Morgan fingerprint density at radius 2 is 2.00 bits per heavy atom. The third-order valence-electron chi connectivity index (χ3n) is 5.93. The fraction of sp³-hybridized carbons (Fsp3) is 0.455. The van der Waals surface area contributed by atoms with E-state index in [1.807, 2.05) is 30.5 Å². The molecule has 0 atom stereocenters. The van der Waals surface area contributed by atoms with E-state index in [0.29, 0.717) is 12.1 Å². The van der Waals surface area contributed by atoms with E-state index in [1.54, 1.807) is 6.07 Å². The van der Waals surface area contributed by atoms with Gasteiger partial charge in [0.1, 0.15) is 36.1 Å². The molecule has 1 N–H and O–H groups in total. The van der Waals surface area contributed by atoms with Crippen molar-refractivity contribution in [2.24, 2.45) is 0 Å². The number of aromatic nitrogens is 2. The van der Waals surface area contributed by atoms with Gasteiger partial charge in [-0.25, -0.2) is 14.4 Å². The zero-order valence-electron chi connectivity index (χ0n) is 16.7. The number of hydrogen-bond donors (Lipinski definition) is 1. The summed E-state index contributed by atoms with van der Waals surface area (Å²) < 4.78 is 19.7. The van der Waals surface area contributed by atoms with Gasteiger partial charge in [0, 0.05) is 24.0 Å². The van der Waals surface area contributed by atoms with Crippen LogP contribution in [0.2, 0.25) is 0 Å². The Hall–Kier alpha value is -2.09. The smallest absolute Gasteiger partial charge is 0.187 e. The lowest BCUT2D eigenvalue weighted by atomic mass is 10.1. The lowest BCUT2D eigenvalue weighted by molar-refractivity contribution is -0.922. The van der Waals surface area contributed by atoms with Crippen molar-refractivity contribution in [3.63, 3.8) is 0 Å². The summed E-state index contributed by atoms with van der Waals surface area (Å²) >= 11 is 1.82. The van der Waals surface area contributed by atoms with Crippen molar-refractivity contribution in [2.75, 3.05) is 38.3 Å². The molecule has 5 nitrogen and oxygen atoms in total. The van der Waals surface area contributed by atoms with Gasteiger partial charge in [0.05, 0.1) is 18.6 Å². The van der Waals surface area contributed by atoms with E-state index in [1.165, 1.54) is 33.2 Å². The highest BCUT2D eigenvalue weighted by atomic mass is 32.1. The van der Waals surface area contributed by atoms with Crippen LogP contribution in [0.4, 0.5) is 10.2 Å². The molecule has 0 spiro atoms. The van der Waals surface area contributed by atoms with Gasteiger partial charge in [-0.1, -0.05) is 18.2 Å². The van der Waals surface area contributed by atoms with Crippen molar-refractivity contribution in [2.45, 2.75) is 32.4 Å². The van der Waals surface area contributed by atoms with Crippen LogP contribution in [0.25, 0.3) is 10.2 Å². The van der Waals surface area contributed by atoms with Gasteiger partial charge in [-0.3, -0.25) is 0 Å². The molecule has 7 heteroatoms. The standard InChI is InChI=1S/C22H25FN4OS/c1-26(13-15-5-2-3-7-17(15)23)21-20-16-6-4-8-18(16)29-22(20)25-19(24-21)14-27-9-11-28-12-10-27/h2-3,5,7H,4,6,8-14H2,1H3/p+1. The first kappa shape index (κ1) is 18.9. The molecule has 1 aromatic carbocycles. The Morgan fingerprint density at radius 3 is 2.83 bits per heavy atom. The van der Waals surface area contributed by atoms with Crippen molar-refractivity contribution in [3.05, 3.63) is 51.9 Å². The number of nitrogens with one attached hydrogen (secondary N) is 1. The third kappa shape index (κ3) is 3.74. The highest BCUT2D eigenvalue weighted by molar-refractivity contribution is 7.19. The van der Waals surface area contributed by atoms with Crippen LogP contribution in [0.3, 0.4) is 0 Å². The zero-order valence-corrected chi connectivity index (χ0v) is 17.5. The van der Waals surface area contributed by atoms with Crippen LogP contribution in [0.15, 0.2) is 24.3 Å². The number of ether oxygens (including phenoxy) is 1. The number of halogens is 1. The molecule has 3 aromatic rings. The topological polar surface area (TPSA) is 42.7 Å². The van der Waals surface area contributed by atoms with E-state index >= 15 is 0 Å². The SMILES string of the molecule is CN(Cc1ccccc1F)c1nc(C[NH+]2CCOCC2)nc2sc3c(c12)CCC3. The van der Waals surface area contributed by atoms with E-state index in [4.69, 9.17) is 14.7 Å². The van der Waals surface area contributed by atoms with Crippen molar-refractivity contribution < 1.29 is 14.0 Å². The lowest BCUT2D eigenvalue weighted by Crippen LogP contribution is -3.12. The first-order chi connectivity index (χ1) is 14.2. The third-order valence-corrected chi connectivity index (χ3v) is 7.11. The zero-order chi connectivity index (χ0) is 19.8. The first-order valence-electron chi connectivity index (χ1n) is 10.4. The second-order valence-electron chi connectivity index (χ2n) is 7.99. The van der Waals surface area contributed by atoms with Gasteiger partial charge < -0.3 is 14.5 Å². The van der Waals surface area contributed by atoms with Gasteiger partial charge in [0.15, 0.2) is 5.82 Å². The molecule has 5 rings (SSSR count). The van der Waals surface area contributed by atoms with Gasteiger partial charge in [-0.2, -0.15) is 0 Å². The van der Waals surface area contributed by atoms with Crippen LogP contribution in [0.1, 0.15) is 28.2 Å². The fourth-order valence-corrected chi connectivity index (χ4v) is 5.67. The average molecular weight is 414 g/mol. The van der Waals surface area contributed by atoms with Crippen LogP contribution in [0.5, 0.6) is 0 Å². The number of rotatable bonds is 5. The summed E-state index contributed by atoms with van der Waals surface area (Å²) in [5, 5.41) is 1.18. The number of thiophene rings is 1. The number of aryl methyl sites for hydroxylation is 2. The summed E-state index contributed by atoms with van der Waals surface area (Å²) in [5.74, 6) is 1.66. The van der Waals surface area contributed by atoms with E-state index in [9.17, 15) is 4.39 Å². The van der Waals surface area contributed by atoms with Crippen molar-refractivity contribution in [1.29, 1.82) is 0 Å². The molecule has 29 heavy (non-hydrogen) atoms. The van der Waals surface area contributed by atoms with Crippen molar-refractivity contribution in [1.82, 2.24) is 9.97 Å². The second kappa shape index (κ2) is 7.97. The Labute approximate surface area is 174 Å². The molecular weight excluding hydrogens is 387 g/mol. The molecule has 2 aliphatic rings. The van der Waals surface area contributed by atoms with Gasteiger partial charge in [-0.15, -0.1) is 11.3 Å². The molecule has 1 saturated heterocycles. The monoisotopic (exact) mass is 413 g/mol. The molecule has 152 valence electrons. The normalized spacial score (nSPS) is 17.0. The first-order valence-corrected chi connectivity index (χ1v) is 11.2. The Kier molecular flexibility index (Phi) is 5.20. The number of hydrogen-bond acceptors (Lipinski definition) is 5. The fourth-order valence-electron chi connectivity index (χ4n) is 4.39. The molecule has 0 amide bonds. The predicted molar refractivity (Wildman–Crippen MR) is 113 cm³/mol. The molecule has 1 aliphatic carbocycles. The van der Waals surface area contributed by atoms with Crippen molar-refractivity contribution >= 4 is 27.4 Å². The minimum absolute atomic E-state index is 0.168. The number of quaternary nitrogens is 1. The maximum Gasteiger partial charge on any atom is 0.187 e.